The van der Waals surface area contributed by atoms with Crippen molar-refractivity contribution in [1.82, 2.24) is 30.7 Å². The van der Waals surface area contributed by atoms with Crippen molar-refractivity contribution in [2.45, 2.75) is 115 Å². The Labute approximate surface area is 418 Å². The maximum Gasteiger partial charge on any atom is 0.318 e. The van der Waals surface area contributed by atoms with Gasteiger partial charge in [-0.25, -0.2) is 9.78 Å². The number of nitrogens with zero attached hydrogens (tertiary/aromatic N) is 3. The molecule has 0 unspecified atom stereocenters. The Morgan fingerprint density at radius 3 is 1.68 bits per heavy atom. The lowest BCUT2D eigenvalue weighted by molar-refractivity contribution is -0.122. The van der Waals surface area contributed by atoms with Crippen molar-refractivity contribution >= 4 is 35.6 Å². The number of rotatable bonds is 26. The van der Waals surface area contributed by atoms with E-state index in [9.17, 15) is 9.59 Å². The largest absolute Gasteiger partial charge is 0.379 e. The summed E-state index contributed by atoms with van der Waals surface area (Å²) in [6, 6.07) is 42.4. The van der Waals surface area contributed by atoms with Gasteiger partial charge in [0.1, 0.15) is 0 Å². The van der Waals surface area contributed by atoms with Gasteiger partial charge in [-0.3, -0.25) is 9.69 Å². The molecule has 1 saturated heterocycles. The molecule has 1 aliphatic rings. The third-order valence-electron chi connectivity index (χ3n) is 12.8. The number of benzene rings is 4. The SMILES string of the molecule is CN[C@H](CC[C@@H](CC(=O)[C@H](CCN1CCOCC1)NC(=O)N(C)Cc1csc(C(C)C)n1)Cc1ccccc1)Cc1ccccc1.CN[C@H](CC[C@@H](N)Cc1ccccc1)Cc1ccccc1.Cl. The summed E-state index contributed by atoms with van der Waals surface area (Å²) < 4.78 is 5.53. The highest BCUT2D eigenvalue weighted by Crippen LogP contribution is 2.23. The predicted octanol–water partition coefficient (Wildman–Crippen LogP) is 9.52. The molecule has 0 saturated carbocycles. The van der Waals surface area contributed by atoms with Crippen LogP contribution in [0.15, 0.2) is 127 Å². The smallest absolute Gasteiger partial charge is 0.318 e. The average molecular weight is 967 g/mol. The Morgan fingerprint density at radius 2 is 1.19 bits per heavy atom. The molecular weight excluding hydrogens is 886 g/mol. The number of Topliss-reactive ketones (excluding diaryl/α,β-unsaturated/α-hetero) is 1. The summed E-state index contributed by atoms with van der Waals surface area (Å²) in [5, 5.41) is 13.1. The van der Waals surface area contributed by atoms with Crippen molar-refractivity contribution in [2.24, 2.45) is 11.7 Å². The first-order valence-electron chi connectivity index (χ1n) is 24.6. The Balaban J connectivity index is 0.000000383. The lowest BCUT2D eigenvalue weighted by Gasteiger charge is -2.29. The van der Waals surface area contributed by atoms with E-state index in [0.29, 0.717) is 50.6 Å². The van der Waals surface area contributed by atoms with Crippen LogP contribution in [0.5, 0.6) is 0 Å². The number of thiazole rings is 1. The van der Waals surface area contributed by atoms with E-state index in [0.717, 1.165) is 81.7 Å². The molecule has 0 aliphatic carbocycles. The van der Waals surface area contributed by atoms with Gasteiger partial charge in [0.05, 0.1) is 36.5 Å². The summed E-state index contributed by atoms with van der Waals surface area (Å²) in [6.45, 7) is 8.50. The van der Waals surface area contributed by atoms with Gasteiger partial charge in [-0.05, 0) is 100 Å². The minimum atomic E-state index is -0.554. The zero-order valence-electron chi connectivity index (χ0n) is 41.4. The molecule has 0 radical (unpaired) electrons. The molecule has 4 aromatic carbocycles. The summed E-state index contributed by atoms with van der Waals surface area (Å²) >= 11 is 1.63. The molecule has 5 atom stereocenters. The Morgan fingerprint density at radius 1 is 0.706 bits per heavy atom. The first kappa shape index (κ1) is 56.1. The van der Waals surface area contributed by atoms with Crippen LogP contribution in [0.4, 0.5) is 4.79 Å². The molecule has 1 aliphatic heterocycles. The number of halogens is 1. The fourth-order valence-corrected chi connectivity index (χ4v) is 9.53. The average Bonchev–Trinajstić information content (AvgIpc) is 3.83. The van der Waals surface area contributed by atoms with Crippen LogP contribution < -0.4 is 21.7 Å². The number of likely N-dealkylation sites (N-methyl/N-ethyl adjacent to an activating group) is 2. The quantitative estimate of drug-likeness (QED) is 0.0433. The minimum absolute atomic E-state index is 0. The van der Waals surface area contributed by atoms with E-state index >= 15 is 0 Å². The molecule has 2 amide bonds. The molecule has 5 N–H and O–H groups in total. The number of ether oxygens (including phenoxy) is 1. The Bertz CT molecular complexity index is 2090. The number of carbonyl (C=O) groups is 2. The van der Waals surface area contributed by atoms with Crippen molar-refractivity contribution in [3.8, 4) is 0 Å². The first-order valence-corrected chi connectivity index (χ1v) is 25.5. The van der Waals surface area contributed by atoms with Gasteiger partial charge in [-0.15, -0.1) is 23.7 Å². The highest BCUT2D eigenvalue weighted by atomic mass is 35.5. The number of hydrogen-bond acceptors (Lipinski definition) is 9. The monoisotopic (exact) mass is 966 g/mol. The summed E-state index contributed by atoms with van der Waals surface area (Å²) in [6.07, 6.45) is 8.87. The fourth-order valence-electron chi connectivity index (χ4n) is 8.70. The Kier molecular flexibility index (Phi) is 26.1. The van der Waals surface area contributed by atoms with Crippen LogP contribution in [0.2, 0.25) is 0 Å². The molecule has 10 nitrogen and oxygen atoms in total. The zero-order chi connectivity index (χ0) is 47.6. The maximum atomic E-state index is 14.1. The number of aromatic nitrogens is 1. The number of urea groups is 1. The van der Waals surface area contributed by atoms with Crippen molar-refractivity contribution in [1.29, 1.82) is 0 Å². The number of hydrogen-bond donors (Lipinski definition) is 4. The van der Waals surface area contributed by atoms with Crippen molar-refractivity contribution in [3.05, 3.63) is 160 Å². The lowest BCUT2D eigenvalue weighted by Crippen LogP contribution is -2.49. The second-order valence-corrected chi connectivity index (χ2v) is 19.5. The molecule has 1 fully saturated rings. The highest BCUT2D eigenvalue weighted by molar-refractivity contribution is 7.09. The van der Waals surface area contributed by atoms with Crippen molar-refractivity contribution in [2.75, 3.05) is 54.0 Å². The molecule has 5 aromatic rings. The van der Waals surface area contributed by atoms with Gasteiger partial charge in [0, 0.05) is 62.5 Å². The number of morpholine rings is 1. The van der Waals surface area contributed by atoms with Gasteiger partial charge in [0.15, 0.2) is 5.78 Å². The summed E-state index contributed by atoms with van der Waals surface area (Å²) in [7, 11) is 5.83. The van der Waals surface area contributed by atoms with Gasteiger partial charge in [-0.1, -0.05) is 135 Å². The van der Waals surface area contributed by atoms with Crippen LogP contribution in [0.3, 0.4) is 0 Å². The van der Waals surface area contributed by atoms with E-state index in [4.69, 9.17) is 15.5 Å². The van der Waals surface area contributed by atoms with Crippen molar-refractivity contribution < 1.29 is 14.3 Å². The lowest BCUT2D eigenvalue weighted by atomic mass is 9.86. The number of ketones is 1. The normalized spacial score (nSPS) is 14.9. The molecule has 370 valence electrons. The third-order valence-corrected chi connectivity index (χ3v) is 14.0. The molecule has 2 heterocycles. The van der Waals surface area contributed by atoms with Gasteiger partial charge in [0.25, 0.3) is 0 Å². The van der Waals surface area contributed by atoms with Crippen molar-refractivity contribution in [3.63, 3.8) is 0 Å². The first-order chi connectivity index (χ1) is 32.6. The fraction of sp³-hybridized carbons (Fsp3) is 0.482. The number of nitrogens with one attached hydrogen (secondary N) is 3. The van der Waals surface area contributed by atoms with Gasteiger partial charge in [-0.2, -0.15) is 0 Å². The highest BCUT2D eigenvalue weighted by Gasteiger charge is 2.27. The number of carbonyl (C=O) groups excluding carboxylic acids is 2. The van der Waals surface area contributed by atoms with E-state index < -0.39 is 6.04 Å². The van der Waals surface area contributed by atoms with E-state index in [-0.39, 0.29) is 36.2 Å². The van der Waals surface area contributed by atoms with Crippen LogP contribution in [0.1, 0.15) is 91.2 Å². The standard InChI is InChI=1S/C37H53N5O3S.C19H26N2.ClH/c1-28(2)36-39-33(27-46-36)26-41(4)37(44)40-34(17-18-42-19-21-45-22-20-42)35(43)25-31(23-29-11-7-5-8-12-29)15-16-32(38-3)24-30-13-9-6-10-14-30;1-21-19(15-17-10-6-3-7-11-17)13-12-18(20)14-16-8-4-2-5-9-16;/h5-14,27-28,31-32,34,38H,15-26H2,1-4H3,(H,40,44);2-11,18-19,21H,12-15,20H2,1H3;1H/t31-,32-,34+;18-,19-;/m11./s1. The predicted molar refractivity (Wildman–Crippen MR) is 285 cm³/mol. The van der Waals surface area contributed by atoms with Crippen LogP contribution in [0, 0.1) is 5.92 Å². The molecule has 68 heavy (non-hydrogen) atoms. The third kappa shape index (κ3) is 21.0. The summed E-state index contributed by atoms with van der Waals surface area (Å²) in [5.74, 6) is 0.632. The van der Waals surface area contributed by atoms with Gasteiger partial charge in [0.2, 0.25) is 0 Å². The number of amides is 2. The summed E-state index contributed by atoms with van der Waals surface area (Å²) in [5.41, 5.74) is 12.4. The molecule has 0 spiro atoms. The van der Waals surface area contributed by atoms with E-state index in [1.165, 1.54) is 22.3 Å². The maximum absolute atomic E-state index is 14.1. The van der Waals surface area contributed by atoms with E-state index in [1.807, 2.05) is 37.7 Å². The van der Waals surface area contributed by atoms with Crippen LogP contribution >= 0.6 is 23.7 Å². The van der Waals surface area contributed by atoms with E-state index in [2.05, 4.69) is 138 Å². The topological polar surface area (TPSA) is 125 Å². The molecule has 1 aromatic heterocycles. The Hall–Kier alpha value is -4.46. The van der Waals surface area contributed by atoms with E-state index in [1.54, 1.807) is 23.3 Å². The number of nitrogens with two attached hydrogens (primary N) is 1. The molecule has 6 rings (SSSR count). The van der Waals surface area contributed by atoms with Gasteiger partial charge >= 0.3 is 6.03 Å². The molecule has 12 heteroatoms. The zero-order valence-corrected chi connectivity index (χ0v) is 43.0. The van der Waals surface area contributed by atoms with Crippen LogP contribution in [-0.2, 0) is 41.8 Å². The molecular formula is C56H80ClN7O3S. The minimum Gasteiger partial charge on any atom is -0.379 e. The molecule has 0 bridgehead atoms. The summed E-state index contributed by atoms with van der Waals surface area (Å²) in [4.78, 5) is 36.2. The second kappa shape index (κ2) is 31.6. The second-order valence-electron chi connectivity index (χ2n) is 18.6. The van der Waals surface area contributed by atoms with Crippen LogP contribution in [0.25, 0.3) is 0 Å². The van der Waals surface area contributed by atoms with Gasteiger partial charge < -0.3 is 31.3 Å². The van der Waals surface area contributed by atoms with Crippen LogP contribution in [-0.4, -0.2) is 105 Å².